The van der Waals surface area contributed by atoms with Crippen LogP contribution >= 0.6 is 0 Å². The van der Waals surface area contributed by atoms with E-state index in [4.69, 9.17) is 5.11 Å². The molecule has 0 amide bonds. The molecule has 234 valence electrons. The van der Waals surface area contributed by atoms with Gasteiger partial charge in [0, 0.05) is 12.6 Å². The van der Waals surface area contributed by atoms with Crippen LogP contribution in [0.4, 0.5) is 26.3 Å². The average Bonchev–Trinajstić information content (AvgIpc) is 3.79. The second kappa shape index (κ2) is 14.7. The van der Waals surface area contributed by atoms with Gasteiger partial charge in [-0.2, -0.15) is 26.3 Å². The van der Waals surface area contributed by atoms with Crippen molar-refractivity contribution in [1.29, 1.82) is 0 Å². The first-order valence-electron chi connectivity index (χ1n) is 14.6. The molecule has 4 nitrogen and oxygen atoms in total. The molecule has 2 unspecified atom stereocenters. The zero-order valence-electron chi connectivity index (χ0n) is 24.6. The van der Waals surface area contributed by atoms with Crippen molar-refractivity contribution in [2.24, 2.45) is 11.8 Å². The second-order valence-corrected chi connectivity index (χ2v) is 11.9. The summed E-state index contributed by atoms with van der Waals surface area (Å²) in [5.74, 6) is -0.960. The molecule has 42 heavy (non-hydrogen) atoms. The Kier molecular flexibility index (Phi) is 11.9. The molecule has 2 aliphatic rings. The van der Waals surface area contributed by atoms with Gasteiger partial charge in [0.15, 0.2) is 0 Å². The molecule has 1 saturated heterocycles. The van der Waals surface area contributed by atoms with Crippen molar-refractivity contribution < 1.29 is 36.2 Å². The number of carbonyl (C=O) groups is 1. The van der Waals surface area contributed by atoms with E-state index in [1.165, 1.54) is 19.3 Å². The van der Waals surface area contributed by atoms with Gasteiger partial charge in [-0.3, -0.25) is 9.69 Å². The van der Waals surface area contributed by atoms with Crippen molar-refractivity contribution in [2.45, 2.75) is 83.2 Å². The van der Waals surface area contributed by atoms with Crippen LogP contribution in [0.25, 0.3) is 0 Å². The number of hydrogen-bond acceptors (Lipinski definition) is 3. The zero-order valence-corrected chi connectivity index (χ0v) is 24.6. The van der Waals surface area contributed by atoms with Crippen LogP contribution < -0.4 is 0 Å². The number of piperidine rings is 1. The number of rotatable bonds is 10. The highest BCUT2D eigenvalue weighted by Gasteiger charge is 2.37. The molecule has 2 fully saturated rings. The molecule has 1 aliphatic carbocycles. The summed E-state index contributed by atoms with van der Waals surface area (Å²) in [7, 11) is 4.01. The molecule has 10 heteroatoms. The van der Waals surface area contributed by atoms with Gasteiger partial charge in [0.25, 0.3) is 0 Å². The largest absolute Gasteiger partial charge is 0.481 e. The highest BCUT2D eigenvalue weighted by molar-refractivity contribution is 5.69. The smallest absolute Gasteiger partial charge is 0.416 e. The van der Waals surface area contributed by atoms with Gasteiger partial charge in [-0.1, -0.05) is 50.5 Å². The Balaban J connectivity index is 0.00000151. The molecule has 0 bridgehead atoms. The number of alkyl halides is 6. The predicted octanol–water partition coefficient (Wildman–Crippen LogP) is 7.93. The van der Waals surface area contributed by atoms with E-state index in [1.807, 2.05) is 43.3 Å². The summed E-state index contributed by atoms with van der Waals surface area (Å²) in [5.41, 5.74) is -0.319. The van der Waals surface area contributed by atoms with E-state index in [0.29, 0.717) is 43.6 Å². The summed E-state index contributed by atoms with van der Waals surface area (Å²) in [4.78, 5) is 15.1. The Morgan fingerprint density at radius 2 is 1.50 bits per heavy atom. The third-order valence-electron chi connectivity index (χ3n) is 8.04. The number of benzene rings is 2. The molecule has 0 spiro atoms. The van der Waals surface area contributed by atoms with Crippen LogP contribution in [0, 0.1) is 11.8 Å². The van der Waals surface area contributed by atoms with Gasteiger partial charge < -0.3 is 10.0 Å². The van der Waals surface area contributed by atoms with Crippen LogP contribution in [0.3, 0.4) is 0 Å². The fourth-order valence-corrected chi connectivity index (χ4v) is 5.43. The molecule has 2 atom stereocenters. The lowest BCUT2D eigenvalue weighted by Gasteiger charge is -2.39. The number of carboxylic acids is 1. The molecule has 1 N–H and O–H groups in total. The number of likely N-dealkylation sites (tertiary alicyclic amines) is 1. The van der Waals surface area contributed by atoms with Gasteiger partial charge in [-0.25, -0.2) is 0 Å². The summed E-state index contributed by atoms with van der Waals surface area (Å²) in [5, 5.41) is 9.10. The van der Waals surface area contributed by atoms with Gasteiger partial charge in [0.2, 0.25) is 0 Å². The van der Waals surface area contributed by atoms with Crippen molar-refractivity contribution in [3.05, 3.63) is 70.3 Å². The number of halogens is 6. The van der Waals surface area contributed by atoms with Crippen molar-refractivity contribution in [3.8, 4) is 0 Å². The summed E-state index contributed by atoms with van der Waals surface area (Å²) >= 11 is 0. The molecule has 4 rings (SSSR count). The zero-order chi connectivity index (χ0) is 31.1. The summed E-state index contributed by atoms with van der Waals surface area (Å²) in [6, 6.07) is 9.86. The van der Waals surface area contributed by atoms with Crippen molar-refractivity contribution >= 4 is 5.97 Å². The lowest BCUT2D eigenvalue weighted by molar-refractivity contribution is -0.142. The number of carboxylic acid groups (broad SMARTS) is 1. The molecule has 1 aliphatic heterocycles. The van der Waals surface area contributed by atoms with E-state index in [0.717, 1.165) is 36.8 Å². The Labute approximate surface area is 244 Å². The predicted molar refractivity (Wildman–Crippen MR) is 151 cm³/mol. The highest BCUT2D eigenvalue weighted by Crippen LogP contribution is 2.37. The molecule has 1 saturated carbocycles. The Morgan fingerprint density at radius 1 is 0.929 bits per heavy atom. The van der Waals surface area contributed by atoms with Crippen molar-refractivity contribution in [2.75, 3.05) is 27.2 Å². The summed E-state index contributed by atoms with van der Waals surface area (Å²) < 4.78 is 80.0. The van der Waals surface area contributed by atoms with E-state index in [9.17, 15) is 31.1 Å². The van der Waals surface area contributed by atoms with Crippen LogP contribution in [-0.4, -0.2) is 54.1 Å². The van der Waals surface area contributed by atoms with Gasteiger partial charge >= 0.3 is 18.3 Å². The monoisotopic (exact) mass is 600 g/mol. The molecule has 0 radical (unpaired) electrons. The first-order chi connectivity index (χ1) is 19.6. The third-order valence-corrected chi connectivity index (χ3v) is 8.04. The topological polar surface area (TPSA) is 43.8 Å². The number of nitrogens with zero attached hydrogens (tertiary/aromatic N) is 2. The van der Waals surface area contributed by atoms with Crippen molar-refractivity contribution in [3.63, 3.8) is 0 Å². The van der Waals surface area contributed by atoms with E-state index in [2.05, 4.69) is 4.90 Å². The molecule has 2 aromatic carbocycles. The molecule has 1 heterocycles. The van der Waals surface area contributed by atoms with Crippen LogP contribution in [-0.2, 0) is 36.5 Å². The second-order valence-electron chi connectivity index (χ2n) is 11.9. The molecular formula is C32H42F6N2O2. The molecule has 2 aromatic rings. The normalized spacial score (nSPS) is 17.9. The minimum Gasteiger partial charge on any atom is -0.481 e. The van der Waals surface area contributed by atoms with Gasteiger partial charge in [-0.05, 0) is 100 Å². The fourth-order valence-electron chi connectivity index (χ4n) is 5.43. The maximum absolute atomic E-state index is 13.5. The fraction of sp³-hybridized carbons (Fsp3) is 0.594. The lowest BCUT2D eigenvalue weighted by Crippen LogP contribution is -2.43. The summed E-state index contributed by atoms with van der Waals surface area (Å²) in [6.45, 7) is 2.53. The van der Waals surface area contributed by atoms with Crippen molar-refractivity contribution in [1.82, 2.24) is 9.80 Å². The standard InChI is InChI=1S/C29H36F6N2O2.C3H6/c1-19(27(38)39)16-21-6-4-20(5-7-21)8-11-26(36(2)3)22-12-14-37(15-13-22)18-23-17-24(28(30,31)32)9-10-25(23)29(33,34)35;1-2-3-1/h4-7,9-10,17,19,22,26H,8,11-16,18H2,1-3H3,(H,38,39);1-3H2. The first-order valence-corrected chi connectivity index (χ1v) is 14.6. The van der Waals surface area contributed by atoms with E-state index in [-0.39, 0.29) is 18.2 Å². The quantitative estimate of drug-likeness (QED) is 0.281. The number of aliphatic carboxylic acids is 1. The first kappa shape index (κ1) is 33.9. The van der Waals surface area contributed by atoms with Gasteiger partial charge in [-0.15, -0.1) is 0 Å². The SMILES string of the molecule is C1CC1.CC(Cc1ccc(CCC(C2CCN(Cc3cc(C(F)(F)F)ccc3C(F)(F)F)CC2)N(C)C)cc1)C(=O)O. The Morgan fingerprint density at radius 3 is 1.98 bits per heavy atom. The molecular weight excluding hydrogens is 558 g/mol. The minimum absolute atomic E-state index is 0.176. The molecule has 0 aromatic heterocycles. The maximum atomic E-state index is 13.5. The minimum atomic E-state index is -4.72. The summed E-state index contributed by atoms with van der Waals surface area (Å²) in [6.07, 6.45) is -1.25. The average molecular weight is 601 g/mol. The van der Waals surface area contributed by atoms with Crippen LogP contribution in [0.15, 0.2) is 42.5 Å². The Hall–Kier alpha value is -2.59. The maximum Gasteiger partial charge on any atom is 0.416 e. The highest BCUT2D eigenvalue weighted by atomic mass is 19.4. The van der Waals surface area contributed by atoms with Gasteiger partial charge in [0.1, 0.15) is 0 Å². The van der Waals surface area contributed by atoms with Crippen LogP contribution in [0.2, 0.25) is 0 Å². The van der Waals surface area contributed by atoms with E-state index in [1.54, 1.807) is 6.92 Å². The van der Waals surface area contributed by atoms with Gasteiger partial charge in [0.05, 0.1) is 17.0 Å². The number of hydrogen-bond donors (Lipinski definition) is 1. The van der Waals surface area contributed by atoms with E-state index >= 15 is 0 Å². The number of aryl methyl sites for hydroxylation is 1. The lowest BCUT2D eigenvalue weighted by atomic mass is 9.85. The van der Waals surface area contributed by atoms with Crippen LogP contribution in [0.1, 0.15) is 73.3 Å². The Bertz CT molecular complexity index is 1130. The van der Waals surface area contributed by atoms with E-state index < -0.39 is 35.4 Å². The van der Waals surface area contributed by atoms with Crippen LogP contribution in [0.5, 0.6) is 0 Å². The third kappa shape index (κ3) is 10.6.